The van der Waals surface area contributed by atoms with Crippen molar-refractivity contribution in [2.24, 2.45) is 0 Å². The second-order valence-electron chi connectivity index (χ2n) is 21.4. The minimum absolute atomic E-state index is 0.221. The minimum Gasteiger partial charge on any atom is -0.457 e. The first-order valence-corrected chi connectivity index (χ1v) is 20.0. The lowest BCUT2D eigenvalue weighted by atomic mass is 9.94. The van der Waals surface area contributed by atoms with Crippen molar-refractivity contribution in [3.63, 3.8) is 0 Å². The fraction of sp³-hybridized carbons (Fsp3) is 0.762. The van der Waals surface area contributed by atoms with E-state index in [4.69, 9.17) is 18.9 Å². The molecule has 4 fully saturated rings. The van der Waals surface area contributed by atoms with Gasteiger partial charge in [0, 0.05) is 47.8 Å². The van der Waals surface area contributed by atoms with Gasteiger partial charge in [0.25, 0.3) is 0 Å². The molecule has 4 aliphatic heterocycles. The van der Waals surface area contributed by atoms with Crippen LogP contribution in [0.25, 0.3) is 0 Å². The van der Waals surface area contributed by atoms with E-state index in [2.05, 4.69) is 0 Å². The number of carbonyl (C=O) groups excluding carboxylic acids is 4. The average molecular weight is 819 g/mol. The smallest absolute Gasteiger partial charge is 0.339 e. The summed E-state index contributed by atoms with van der Waals surface area (Å²) in [6.07, 6.45) is -2.64. The Hall–Kier alpha value is -3.22. The molecule has 4 heterocycles. The summed E-state index contributed by atoms with van der Waals surface area (Å²) in [5.74, 6) is -4.12. The summed E-state index contributed by atoms with van der Waals surface area (Å²) in [4.78, 5) is 57.7. The molecule has 4 saturated heterocycles. The molecule has 0 bridgehead atoms. The molecule has 4 N–H and O–H groups in total. The van der Waals surface area contributed by atoms with Crippen LogP contribution in [0.4, 0.5) is 0 Å². The molecule has 58 heavy (non-hydrogen) atoms. The van der Waals surface area contributed by atoms with Gasteiger partial charge in [-0.2, -0.15) is 20.3 Å². The van der Waals surface area contributed by atoms with E-state index in [1.807, 2.05) is 0 Å². The van der Waals surface area contributed by atoms with Crippen molar-refractivity contribution in [1.82, 2.24) is 20.3 Å². The highest BCUT2D eigenvalue weighted by Crippen LogP contribution is 2.45. The van der Waals surface area contributed by atoms with Crippen LogP contribution in [0.5, 0.6) is 0 Å². The zero-order valence-electron chi connectivity index (χ0n) is 37.1. The van der Waals surface area contributed by atoms with E-state index < -0.39 is 115 Å². The van der Waals surface area contributed by atoms with Crippen molar-refractivity contribution < 1.29 is 59.0 Å². The number of nitrogens with zero attached hydrogens (tertiary/aromatic N) is 4. The monoisotopic (exact) mass is 818 g/mol. The van der Waals surface area contributed by atoms with E-state index in [9.17, 15) is 40.0 Å². The molecule has 4 unspecified atom stereocenters. The van der Waals surface area contributed by atoms with Gasteiger partial charge in [0.1, 0.15) is 24.4 Å². The van der Waals surface area contributed by atoms with E-state index in [0.29, 0.717) is 0 Å². The first-order valence-electron chi connectivity index (χ1n) is 20.0. The van der Waals surface area contributed by atoms with Crippen molar-refractivity contribution in [1.29, 1.82) is 0 Å². The quantitative estimate of drug-likeness (QED) is 0.166. The largest absolute Gasteiger partial charge is 0.457 e. The van der Waals surface area contributed by atoms with Gasteiger partial charge in [-0.1, -0.05) is 0 Å². The van der Waals surface area contributed by atoms with Crippen LogP contribution < -0.4 is 0 Å². The van der Waals surface area contributed by atoms with Crippen molar-refractivity contribution in [2.45, 2.75) is 205 Å². The zero-order valence-corrected chi connectivity index (χ0v) is 37.1. The van der Waals surface area contributed by atoms with Gasteiger partial charge in [-0.25, -0.2) is 19.2 Å². The molecule has 16 heteroatoms. The van der Waals surface area contributed by atoms with Crippen LogP contribution >= 0.6 is 0 Å². The summed E-state index contributed by atoms with van der Waals surface area (Å²) < 4.78 is 24.2. The summed E-state index contributed by atoms with van der Waals surface area (Å²) in [5, 5.41) is 48.5. The Morgan fingerprint density at radius 3 is 0.672 bits per heavy atom. The van der Waals surface area contributed by atoms with Gasteiger partial charge in [0.15, 0.2) is 0 Å². The summed E-state index contributed by atoms with van der Waals surface area (Å²) in [6.45, 7) is 27.9. The second kappa shape index (κ2) is 14.2. The third kappa shape index (κ3) is 7.56. The second-order valence-corrected chi connectivity index (χ2v) is 21.4. The van der Waals surface area contributed by atoms with Crippen molar-refractivity contribution in [3.8, 4) is 0 Å². The Morgan fingerprint density at radius 1 is 0.397 bits per heavy atom. The highest BCUT2D eigenvalue weighted by atomic mass is 16.6. The van der Waals surface area contributed by atoms with Gasteiger partial charge in [-0.05, 0) is 123 Å². The number of benzene rings is 1. The Balaban J connectivity index is 1.66. The Labute approximate surface area is 342 Å². The normalized spacial score (nSPS) is 30.6. The maximum atomic E-state index is 14.4. The maximum absolute atomic E-state index is 14.4. The molecule has 0 spiro atoms. The summed E-state index contributed by atoms with van der Waals surface area (Å²) >= 11 is 0. The predicted molar refractivity (Wildman–Crippen MR) is 209 cm³/mol. The predicted octanol–water partition coefficient (Wildman–Crippen LogP) is 6.40. The number of rotatable bonds is 8. The van der Waals surface area contributed by atoms with Gasteiger partial charge in [-0.15, -0.1) is 0 Å². The van der Waals surface area contributed by atoms with Crippen molar-refractivity contribution >= 4 is 23.9 Å². The third-order valence-corrected chi connectivity index (χ3v) is 13.4. The summed E-state index contributed by atoms with van der Waals surface area (Å²) in [6, 6.07) is 2.13. The number of hydrogen-bond acceptors (Lipinski definition) is 16. The molecule has 4 atom stereocenters. The van der Waals surface area contributed by atoms with E-state index in [0.717, 1.165) is 32.4 Å². The molecule has 326 valence electrons. The molecule has 4 aliphatic rings. The van der Waals surface area contributed by atoms with Gasteiger partial charge >= 0.3 is 23.9 Å². The Morgan fingerprint density at radius 2 is 0.552 bits per heavy atom. The molecule has 1 aromatic rings. The topological polar surface area (TPSA) is 199 Å². The molecule has 0 aliphatic carbocycles. The highest BCUT2D eigenvalue weighted by molar-refractivity contribution is 6.10. The fourth-order valence-electron chi connectivity index (χ4n) is 9.62. The summed E-state index contributed by atoms with van der Waals surface area (Å²) in [5.41, 5.74) is -9.03. The van der Waals surface area contributed by atoms with E-state index >= 15 is 0 Å². The van der Waals surface area contributed by atoms with E-state index in [-0.39, 0.29) is 25.7 Å². The SMILES string of the molecule is CC1(C)CC(OC(=O)c2cc(C(=O)OC3CC(C)(C)N(O)C3(C)C)c(C(=O)OC3CC(C)(C)N(O)C3(C)C)cc2C(=O)OC2CC(C)(C)N(O)C2(C)C)C(C)(C)N1O. The van der Waals surface area contributed by atoms with Crippen LogP contribution in [0, 0.1) is 0 Å². The Bertz CT molecular complexity index is 1590. The first kappa shape index (κ1) is 45.9. The third-order valence-electron chi connectivity index (χ3n) is 13.4. The zero-order chi connectivity index (χ0) is 44.3. The molecule has 0 saturated carbocycles. The molecule has 0 amide bonds. The van der Waals surface area contributed by atoms with E-state index in [1.165, 1.54) is 0 Å². The standard InChI is InChI=1S/C42H66N4O12/c1-35(2)19-27(39(9,10)43(35)51)55-31(47)23-17-25(33(49)57-29-21-37(5,6)45(53)41(29,13)14)26(34(50)58-30-22-38(7,8)46(54)42(30,15)16)18-24(23)32(48)56-28-20-36(3,4)44(52)40(28,11)12/h17-18,27-30,51-54H,19-22H2,1-16H3. The van der Waals surface area contributed by atoms with Crippen LogP contribution in [0.1, 0.15) is 178 Å². The van der Waals surface area contributed by atoms with Crippen LogP contribution in [0.15, 0.2) is 12.1 Å². The van der Waals surface area contributed by atoms with Gasteiger partial charge < -0.3 is 39.8 Å². The van der Waals surface area contributed by atoms with Crippen LogP contribution in [0.2, 0.25) is 0 Å². The van der Waals surface area contributed by atoms with Crippen LogP contribution in [0.3, 0.4) is 0 Å². The lowest BCUT2D eigenvalue weighted by Gasteiger charge is -2.35. The summed E-state index contributed by atoms with van der Waals surface area (Å²) in [7, 11) is 0. The molecule has 0 aromatic heterocycles. The van der Waals surface area contributed by atoms with Crippen LogP contribution in [-0.2, 0) is 18.9 Å². The lowest BCUT2D eigenvalue weighted by Crippen LogP contribution is -2.49. The minimum atomic E-state index is -1.06. The maximum Gasteiger partial charge on any atom is 0.339 e. The molecule has 16 nitrogen and oxygen atoms in total. The van der Waals surface area contributed by atoms with E-state index in [1.54, 1.807) is 111 Å². The van der Waals surface area contributed by atoms with Gasteiger partial charge in [0.05, 0.1) is 44.4 Å². The van der Waals surface area contributed by atoms with Gasteiger partial charge in [0.2, 0.25) is 0 Å². The number of hydroxylamine groups is 8. The molecule has 0 radical (unpaired) electrons. The first-order chi connectivity index (χ1) is 26.0. The number of hydrogen-bond donors (Lipinski definition) is 4. The fourth-order valence-corrected chi connectivity index (χ4v) is 9.62. The highest BCUT2D eigenvalue weighted by Gasteiger charge is 2.57. The number of esters is 4. The van der Waals surface area contributed by atoms with Gasteiger partial charge in [-0.3, -0.25) is 0 Å². The Kier molecular flexibility index (Phi) is 11.2. The van der Waals surface area contributed by atoms with Crippen LogP contribution in [-0.4, -0.2) is 134 Å². The molecule has 1 aromatic carbocycles. The number of ether oxygens (including phenoxy) is 4. The average Bonchev–Trinajstić information content (AvgIpc) is 3.50. The molecular formula is C42H66N4O12. The number of carbonyl (C=O) groups is 4. The van der Waals surface area contributed by atoms with Crippen molar-refractivity contribution in [3.05, 3.63) is 34.4 Å². The molecule has 5 rings (SSSR count). The lowest BCUT2D eigenvalue weighted by molar-refractivity contribution is -0.201. The molecular weight excluding hydrogens is 752 g/mol. The van der Waals surface area contributed by atoms with Crippen molar-refractivity contribution in [2.75, 3.05) is 0 Å².